The van der Waals surface area contributed by atoms with Gasteiger partial charge >= 0.3 is 6.03 Å². The number of carbonyl (C=O) groups is 1. The molecule has 1 aromatic carbocycles. The number of hydrogen-bond acceptors (Lipinski definition) is 1. The van der Waals surface area contributed by atoms with Crippen LogP contribution in [0.3, 0.4) is 0 Å². The van der Waals surface area contributed by atoms with Gasteiger partial charge in [0.25, 0.3) is 0 Å². The van der Waals surface area contributed by atoms with Crippen molar-refractivity contribution in [2.75, 3.05) is 6.54 Å². The molecule has 1 aliphatic carbocycles. The quantitative estimate of drug-likeness (QED) is 0.858. The third-order valence-corrected chi connectivity index (χ3v) is 3.89. The van der Waals surface area contributed by atoms with Crippen LogP contribution in [0.4, 0.5) is 4.79 Å². The van der Waals surface area contributed by atoms with E-state index in [1.54, 1.807) is 0 Å². The first-order chi connectivity index (χ1) is 9.24. The van der Waals surface area contributed by atoms with Gasteiger partial charge in [0.2, 0.25) is 0 Å². The van der Waals surface area contributed by atoms with Crippen LogP contribution in [0, 0.1) is 5.92 Å². The summed E-state index contributed by atoms with van der Waals surface area (Å²) < 4.78 is 0. The Morgan fingerprint density at radius 2 is 1.84 bits per heavy atom. The summed E-state index contributed by atoms with van der Waals surface area (Å²) in [7, 11) is 0. The minimum atomic E-state index is -0.0181. The average molecular weight is 260 g/mol. The lowest BCUT2D eigenvalue weighted by atomic mass is 9.87. The summed E-state index contributed by atoms with van der Waals surface area (Å²) in [5, 5.41) is 6.02. The Morgan fingerprint density at radius 1 is 1.16 bits per heavy atom. The van der Waals surface area contributed by atoms with E-state index in [1.807, 2.05) is 18.2 Å². The van der Waals surface area contributed by atoms with Gasteiger partial charge < -0.3 is 10.6 Å². The number of amides is 2. The Kier molecular flexibility index (Phi) is 5.25. The third-order valence-electron chi connectivity index (χ3n) is 3.89. The molecule has 0 atom stereocenters. The van der Waals surface area contributed by atoms with E-state index in [2.05, 4.69) is 29.7 Å². The highest BCUT2D eigenvalue weighted by atomic mass is 16.2. The van der Waals surface area contributed by atoms with Crippen LogP contribution in [0.2, 0.25) is 0 Å². The molecule has 0 spiro atoms. The van der Waals surface area contributed by atoms with Crippen LogP contribution in [0.1, 0.15) is 38.2 Å². The summed E-state index contributed by atoms with van der Waals surface area (Å²) in [5.74, 6) is 0.819. The first-order valence-corrected chi connectivity index (χ1v) is 7.32. The predicted octanol–water partition coefficient (Wildman–Crippen LogP) is 3.11. The molecule has 0 radical (unpaired) electrons. The summed E-state index contributed by atoms with van der Waals surface area (Å²) in [6.45, 7) is 2.98. The van der Waals surface area contributed by atoms with Crippen LogP contribution in [-0.4, -0.2) is 18.6 Å². The van der Waals surface area contributed by atoms with Gasteiger partial charge in [-0.05, 0) is 43.6 Å². The number of carbonyl (C=O) groups excluding carboxylic acids is 1. The molecular weight excluding hydrogens is 236 g/mol. The number of rotatable bonds is 4. The fraction of sp³-hybridized carbons (Fsp3) is 0.562. The van der Waals surface area contributed by atoms with Crippen molar-refractivity contribution in [1.82, 2.24) is 10.6 Å². The van der Waals surface area contributed by atoms with E-state index in [-0.39, 0.29) is 6.03 Å². The smallest absolute Gasteiger partial charge is 0.315 e. The summed E-state index contributed by atoms with van der Waals surface area (Å²) in [6.07, 6.45) is 5.58. The molecule has 1 saturated carbocycles. The van der Waals surface area contributed by atoms with Gasteiger partial charge in [-0.15, -0.1) is 0 Å². The molecule has 1 aliphatic rings. The van der Waals surface area contributed by atoms with Crippen LogP contribution in [-0.2, 0) is 6.42 Å². The summed E-state index contributed by atoms with van der Waals surface area (Å²) in [4.78, 5) is 11.8. The lowest BCUT2D eigenvalue weighted by molar-refractivity contribution is 0.228. The molecule has 0 unspecified atom stereocenters. The number of urea groups is 1. The van der Waals surface area contributed by atoms with Crippen molar-refractivity contribution >= 4 is 6.03 Å². The molecule has 1 fully saturated rings. The van der Waals surface area contributed by atoms with E-state index in [1.165, 1.54) is 18.4 Å². The largest absolute Gasteiger partial charge is 0.338 e. The molecule has 2 N–H and O–H groups in total. The van der Waals surface area contributed by atoms with Crippen LogP contribution in [0.15, 0.2) is 30.3 Å². The van der Waals surface area contributed by atoms with Crippen molar-refractivity contribution in [3.8, 4) is 0 Å². The van der Waals surface area contributed by atoms with E-state index in [9.17, 15) is 4.79 Å². The monoisotopic (exact) mass is 260 g/mol. The van der Waals surface area contributed by atoms with Crippen molar-refractivity contribution in [3.05, 3.63) is 35.9 Å². The number of nitrogens with one attached hydrogen (secondary N) is 2. The second-order valence-corrected chi connectivity index (χ2v) is 5.59. The molecule has 3 heteroatoms. The zero-order valence-corrected chi connectivity index (χ0v) is 11.7. The third kappa shape index (κ3) is 4.93. The van der Waals surface area contributed by atoms with Gasteiger partial charge in [-0.2, -0.15) is 0 Å². The van der Waals surface area contributed by atoms with Gasteiger partial charge in [0.05, 0.1) is 0 Å². The highest BCUT2D eigenvalue weighted by Crippen LogP contribution is 2.23. The lowest BCUT2D eigenvalue weighted by Gasteiger charge is -2.26. The van der Waals surface area contributed by atoms with Crippen LogP contribution in [0.5, 0.6) is 0 Å². The molecule has 0 saturated heterocycles. The highest BCUT2D eigenvalue weighted by molar-refractivity contribution is 5.74. The molecule has 104 valence electrons. The second-order valence-electron chi connectivity index (χ2n) is 5.59. The number of benzene rings is 1. The van der Waals surface area contributed by atoms with Gasteiger partial charge in [0.1, 0.15) is 0 Å². The van der Waals surface area contributed by atoms with Gasteiger partial charge in [0, 0.05) is 12.6 Å². The molecule has 0 aromatic heterocycles. The van der Waals surface area contributed by atoms with E-state index in [4.69, 9.17) is 0 Å². The number of hydrogen-bond donors (Lipinski definition) is 2. The molecule has 19 heavy (non-hydrogen) atoms. The van der Waals surface area contributed by atoms with E-state index < -0.39 is 0 Å². The Labute approximate surface area is 115 Å². The maximum absolute atomic E-state index is 11.8. The molecule has 0 aliphatic heterocycles. The normalized spacial score (nSPS) is 22.8. The molecule has 2 amide bonds. The maximum atomic E-state index is 11.8. The van der Waals surface area contributed by atoms with Crippen LogP contribution in [0.25, 0.3) is 0 Å². The molecule has 3 nitrogen and oxygen atoms in total. The Balaban J connectivity index is 1.62. The first-order valence-electron chi connectivity index (χ1n) is 7.32. The van der Waals surface area contributed by atoms with Crippen LogP contribution < -0.4 is 10.6 Å². The second kappa shape index (κ2) is 7.17. The molecular formula is C16H24N2O. The fourth-order valence-corrected chi connectivity index (χ4v) is 2.61. The SMILES string of the molecule is CC1CCC(NC(=O)NCCc2ccccc2)CC1. The standard InChI is InChI=1S/C16H24N2O/c1-13-7-9-15(10-8-13)18-16(19)17-12-11-14-5-3-2-4-6-14/h2-6,13,15H,7-12H2,1H3,(H2,17,18,19). The Bertz CT molecular complexity index is 383. The van der Waals surface area contributed by atoms with Crippen molar-refractivity contribution in [3.63, 3.8) is 0 Å². The summed E-state index contributed by atoms with van der Waals surface area (Å²) in [5.41, 5.74) is 1.26. The summed E-state index contributed by atoms with van der Waals surface area (Å²) >= 11 is 0. The lowest BCUT2D eigenvalue weighted by Crippen LogP contribution is -2.44. The van der Waals surface area contributed by atoms with Crippen LogP contribution >= 0.6 is 0 Å². The minimum Gasteiger partial charge on any atom is -0.338 e. The zero-order chi connectivity index (χ0) is 13.5. The van der Waals surface area contributed by atoms with Gasteiger partial charge in [-0.25, -0.2) is 4.79 Å². The molecule has 2 rings (SSSR count). The predicted molar refractivity (Wildman–Crippen MR) is 78.1 cm³/mol. The van der Waals surface area contributed by atoms with Gasteiger partial charge in [0.15, 0.2) is 0 Å². The maximum Gasteiger partial charge on any atom is 0.315 e. The molecule has 1 aromatic rings. The van der Waals surface area contributed by atoms with Crippen molar-refractivity contribution < 1.29 is 4.79 Å². The first kappa shape index (κ1) is 13.9. The summed E-state index contributed by atoms with van der Waals surface area (Å²) in [6, 6.07) is 10.6. The van der Waals surface area contributed by atoms with E-state index in [0.717, 1.165) is 25.2 Å². The molecule has 0 heterocycles. The topological polar surface area (TPSA) is 41.1 Å². The van der Waals surface area contributed by atoms with Crippen molar-refractivity contribution in [1.29, 1.82) is 0 Å². The Morgan fingerprint density at radius 3 is 2.53 bits per heavy atom. The van der Waals surface area contributed by atoms with Gasteiger partial charge in [-0.3, -0.25) is 0 Å². The molecule has 0 bridgehead atoms. The van der Waals surface area contributed by atoms with E-state index in [0.29, 0.717) is 12.6 Å². The average Bonchev–Trinajstić information content (AvgIpc) is 2.43. The van der Waals surface area contributed by atoms with Crippen molar-refractivity contribution in [2.24, 2.45) is 5.92 Å². The minimum absolute atomic E-state index is 0.0181. The van der Waals surface area contributed by atoms with E-state index >= 15 is 0 Å². The van der Waals surface area contributed by atoms with Gasteiger partial charge in [-0.1, -0.05) is 37.3 Å². The highest BCUT2D eigenvalue weighted by Gasteiger charge is 2.19. The zero-order valence-electron chi connectivity index (χ0n) is 11.7. The van der Waals surface area contributed by atoms with Crippen molar-refractivity contribution in [2.45, 2.75) is 45.1 Å². The Hall–Kier alpha value is -1.51. The fourth-order valence-electron chi connectivity index (χ4n) is 2.61.